The highest BCUT2D eigenvalue weighted by Gasteiger charge is 2.29. The summed E-state index contributed by atoms with van der Waals surface area (Å²) in [5, 5.41) is 3.73. The maximum Gasteiger partial charge on any atom is 0.0419 e. The van der Waals surface area contributed by atoms with Gasteiger partial charge in [-0.1, -0.05) is 13.0 Å². The molecule has 1 aromatic rings. The SMILES string of the molecule is CCCNC(Cc1ccccn1)C1CN(C)CCN1C. The Labute approximate surface area is 123 Å². The zero-order chi connectivity index (χ0) is 14.4. The Morgan fingerprint density at radius 3 is 2.90 bits per heavy atom. The van der Waals surface area contributed by atoms with Crippen LogP contribution in [0.3, 0.4) is 0 Å². The average Bonchev–Trinajstić information content (AvgIpc) is 2.47. The molecule has 4 heteroatoms. The van der Waals surface area contributed by atoms with Crippen LogP contribution in [0, 0.1) is 0 Å². The van der Waals surface area contributed by atoms with Crippen molar-refractivity contribution in [3.8, 4) is 0 Å². The zero-order valence-electron chi connectivity index (χ0n) is 13.0. The number of aromatic nitrogens is 1. The normalized spacial score (nSPS) is 22.9. The summed E-state index contributed by atoms with van der Waals surface area (Å²) in [4.78, 5) is 9.42. The van der Waals surface area contributed by atoms with Crippen molar-refractivity contribution in [3.63, 3.8) is 0 Å². The van der Waals surface area contributed by atoms with Crippen molar-refractivity contribution in [2.24, 2.45) is 0 Å². The van der Waals surface area contributed by atoms with Crippen LogP contribution in [0.5, 0.6) is 0 Å². The summed E-state index contributed by atoms with van der Waals surface area (Å²) in [7, 11) is 4.47. The lowest BCUT2D eigenvalue weighted by Crippen LogP contribution is -2.59. The first-order chi connectivity index (χ1) is 9.70. The Morgan fingerprint density at radius 2 is 2.20 bits per heavy atom. The van der Waals surface area contributed by atoms with Gasteiger partial charge in [-0.25, -0.2) is 0 Å². The van der Waals surface area contributed by atoms with Gasteiger partial charge < -0.3 is 10.2 Å². The van der Waals surface area contributed by atoms with Crippen LogP contribution in [0.1, 0.15) is 19.0 Å². The molecule has 0 bridgehead atoms. The molecule has 20 heavy (non-hydrogen) atoms. The van der Waals surface area contributed by atoms with Gasteiger partial charge in [-0.15, -0.1) is 0 Å². The highest BCUT2D eigenvalue weighted by atomic mass is 15.3. The molecule has 0 aromatic carbocycles. The second kappa shape index (κ2) is 7.72. The first kappa shape index (κ1) is 15.4. The van der Waals surface area contributed by atoms with Gasteiger partial charge in [0, 0.05) is 50.0 Å². The maximum absolute atomic E-state index is 4.49. The zero-order valence-corrected chi connectivity index (χ0v) is 13.0. The molecule has 0 aliphatic carbocycles. The molecular formula is C16H28N4. The highest BCUT2D eigenvalue weighted by Crippen LogP contribution is 2.13. The lowest BCUT2D eigenvalue weighted by molar-refractivity contribution is 0.0874. The molecule has 2 atom stereocenters. The summed E-state index contributed by atoms with van der Waals surface area (Å²) >= 11 is 0. The molecule has 1 fully saturated rings. The van der Waals surface area contributed by atoms with E-state index in [0.29, 0.717) is 12.1 Å². The number of likely N-dealkylation sites (N-methyl/N-ethyl adjacent to an activating group) is 2. The smallest absolute Gasteiger partial charge is 0.0419 e. The summed E-state index contributed by atoms with van der Waals surface area (Å²) in [6.45, 7) is 6.74. The van der Waals surface area contributed by atoms with Gasteiger partial charge in [0.25, 0.3) is 0 Å². The number of pyridine rings is 1. The summed E-state index contributed by atoms with van der Waals surface area (Å²) < 4.78 is 0. The summed E-state index contributed by atoms with van der Waals surface area (Å²) in [5.41, 5.74) is 1.18. The van der Waals surface area contributed by atoms with Crippen molar-refractivity contribution in [1.29, 1.82) is 0 Å². The third-order valence-corrected chi connectivity index (χ3v) is 4.18. The van der Waals surface area contributed by atoms with Crippen LogP contribution in [0.2, 0.25) is 0 Å². The number of nitrogens with zero attached hydrogens (tertiary/aromatic N) is 3. The molecule has 1 aliphatic heterocycles. The molecule has 2 unspecified atom stereocenters. The van der Waals surface area contributed by atoms with Crippen LogP contribution >= 0.6 is 0 Å². The lowest BCUT2D eigenvalue weighted by Gasteiger charge is -2.42. The molecule has 4 nitrogen and oxygen atoms in total. The molecule has 1 saturated heterocycles. The van der Waals surface area contributed by atoms with Gasteiger partial charge in [-0.05, 0) is 39.2 Å². The van der Waals surface area contributed by atoms with Crippen molar-refractivity contribution in [2.75, 3.05) is 40.3 Å². The topological polar surface area (TPSA) is 31.4 Å². The van der Waals surface area contributed by atoms with E-state index in [9.17, 15) is 0 Å². The second-order valence-corrected chi connectivity index (χ2v) is 5.90. The van der Waals surface area contributed by atoms with Gasteiger partial charge in [-0.3, -0.25) is 9.88 Å². The molecule has 1 aliphatic rings. The predicted molar refractivity (Wildman–Crippen MR) is 83.9 cm³/mol. The minimum Gasteiger partial charge on any atom is -0.312 e. The lowest BCUT2D eigenvalue weighted by atomic mass is 9.98. The third-order valence-electron chi connectivity index (χ3n) is 4.18. The van der Waals surface area contributed by atoms with Gasteiger partial charge >= 0.3 is 0 Å². The van der Waals surface area contributed by atoms with E-state index in [1.54, 1.807) is 0 Å². The molecule has 1 N–H and O–H groups in total. The van der Waals surface area contributed by atoms with Gasteiger partial charge in [0.15, 0.2) is 0 Å². The molecule has 0 saturated carbocycles. The quantitative estimate of drug-likeness (QED) is 0.847. The Kier molecular flexibility index (Phi) is 5.95. The van der Waals surface area contributed by atoms with Crippen LogP contribution in [0.4, 0.5) is 0 Å². The van der Waals surface area contributed by atoms with E-state index in [-0.39, 0.29) is 0 Å². The van der Waals surface area contributed by atoms with Crippen LogP contribution in [-0.2, 0) is 6.42 Å². The van der Waals surface area contributed by atoms with Gasteiger partial charge in [0.05, 0.1) is 0 Å². The molecule has 0 amide bonds. The van der Waals surface area contributed by atoms with Crippen molar-refractivity contribution in [3.05, 3.63) is 30.1 Å². The van der Waals surface area contributed by atoms with Gasteiger partial charge in [-0.2, -0.15) is 0 Å². The Balaban J connectivity index is 2.05. The first-order valence-corrected chi connectivity index (χ1v) is 7.72. The third kappa shape index (κ3) is 4.27. The Morgan fingerprint density at radius 1 is 1.35 bits per heavy atom. The second-order valence-electron chi connectivity index (χ2n) is 5.90. The minimum absolute atomic E-state index is 0.470. The van der Waals surface area contributed by atoms with Crippen LogP contribution in [-0.4, -0.2) is 67.1 Å². The van der Waals surface area contributed by atoms with E-state index in [2.05, 4.69) is 53.3 Å². The number of piperazine rings is 1. The predicted octanol–water partition coefficient (Wildman–Crippen LogP) is 1.24. The van der Waals surface area contributed by atoms with Crippen molar-refractivity contribution in [2.45, 2.75) is 31.8 Å². The number of hydrogen-bond donors (Lipinski definition) is 1. The van der Waals surface area contributed by atoms with Crippen LogP contribution in [0.15, 0.2) is 24.4 Å². The van der Waals surface area contributed by atoms with Crippen LogP contribution in [0.25, 0.3) is 0 Å². The van der Waals surface area contributed by atoms with Crippen molar-refractivity contribution < 1.29 is 0 Å². The monoisotopic (exact) mass is 276 g/mol. The van der Waals surface area contributed by atoms with E-state index in [1.165, 1.54) is 12.1 Å². The fraction of sp³-hybridized carbons (Fsp3) is 0.688. The number of rotatable bonds is 6. The van der Waals surface area contributed by atoms with Crippen LogP contribution < -0.4 is 5.32 Å². The molecule has 2 heterocycles. The minimum atomic E-state index is 0.470. The van der Waals surface area contributed by atoms with E-state index in [0.717, 1.165) is 32.6 Å². The maximum atomic E-state index is 4.49. The van der Waals surface area contributed by atoms with E-state index in [4.69, 9.17) is 0 Å². The van der Waals surface area contributed by atoms with E-state index >= 15 is 0 Å². The summed E-state index contributed by atoms with van der Waals surface area (Å²) in [6.07, 6.45) is 4.07. The van der Waals surface area contributed by atoms with E-state index < -0.39 is 0 Å². The fourth-order valence-electron chi connectivity index (χ4n) is 2.90. The average molecular weight is 276 g/mol. The molecule has 2 rings (SSSR count). The van der Waals surface area contributed by atoms with Gasteiger partial charge in [0.1, 0.15) is 0 Å². The highest BCUT2D eigenvalue weighted by molar-refractivity contribution is 5.07. The molecule has 0 radical (unpaired) electrons. The largest absolute Gasteiger partial charge is 0.312 e. The number of hydrogen-bond acceptors (Lipinski definition) is 4. The molecule has 112 valence electrons. The molecule has 0 spiro atoms. The summed E-state index contributed by atoms with van der Waals surface area (Å²) in [5.74, 6) is 0. The van der Waals surface area contributed by atoms with Crippen molar-refractivity contribution >= 4 is 0 Å². The molecule has 1 aromatic heterocycles. The molecular weight excluding hydrogens is 248 g/mol. The Hall–Kier alpha value is -0.970. The standard InChI is InChI=1S/C16H28N4/c1-4-8-18-15(12-14-7-5-6-9-17-14)16-13-19(2)10-11-20(16)3/h5-7,9,15-16,18H,4,8,10-13H2,1-3H3. The van der Waals surface area contributed by atoms with Gasteiger partial charge in [0.2, 0.25) is 0 Å². The van der Waals surface area contributed by atoms with E-state index in [1.807, 2.05) is 12.3 Å². The summed E-state index contributed by atoms with van der Waals surface area (Å²) in [6, 6.07) is 7.22. The number of nitrogens with one attached hydrogen (secondary N) is 1. The fourth-order valence-corrected chi connectivity index (χ4v) is 2.90. The van der Waals surface area contributed by atoms with Crippen molar-refractivity contribution in [1.82, 2.24) is 20.1 Å². The first-order valence-electron chi connectivity index (χ1n) is 7.72. The Bertz CT molecular complexity index is 381.